The Bertz CT molecular complexity index is 407. The van der Waals surface area contributed by atoms with Crippen LogP contribution < -0.4 is 15.2 Å². The molecule has 0 fully saturated rings. The molecular formula is C11H15NO5. The molecule has 0 aliphatic carbocycles. The first-order chi connectivity index (χ1) is 8.02. The van der Waals surface area contributed by atoms with Crippen molar-refractivity contribution >= 4 is 5.91 Å². The predicted molar refractivity (Wildman–Crippen MR) is 59.7 cm³/mol. The third-order valence-electron chi connectivity index (χ3n) is 2.34. The van der Waals surface area contributed by atoms with E-state index in [1.807, 2.05) is 0 Å². The van der Waals surface area contributed by atoms with Gasteiger partial charge in [0.1, 0.15) is 6.10 Å². The second-order valence-electron chi connectivity index (χ2n) is 3.37. The lowest BCUT2D eigenvalue weighted by Crippen LogP contribution is -2.34. The summed E-state index contributed by atoms with van der Waals surface area (Å²) in [6.45, 7) is 0. The second-order valence-corrected chi connectivity index (χ2v) is 3.37. The Morgan fingerprint density at radius 3 is 2.41 bits per heavy atom. The maximum absolute atomic E-state index is 10.8. The number of ether oxygens (including phenoxy) is 2. The van der Waals surface area contributed by atoms with Gasteiger partial charge in [0.25, 0.3) is 0 Å². The molecule has 1 aromatic carbocycles. The molecule has 0 radical (unpaired) electrons. The van der Waals surface area contributed by atoms with E-state index in [-0.39, 0.29) is 11.3 Å². The normalized spacial score (nSPS) is 13.9. The molecule has 1 rings (SSSR count). The molecule has 2 unspecified atom stereocenters. The lowest BCUT2D eigenvalue weighted by atomic mass is 10.0. The van der Waals surface area contributed by atoms with Gasteiger partial charge >= 0.3 is 0 Å². The third-order valence-corrected chi connectivity index (χ3v) is 2.34. The molecule has 0 spiro atoms. The molecule has 0 bridgehead atoms. The molecular weight excluding hydrogens is 226 g/mol. The Balaban J connectivity index is 3.17. The van der Waals surface area contributed by atoms with Crippen molar-refractivity contribution in [1.82, 2.24) is 0 Å². The summed E-state index contributed by atoms with van der Waals surface area (Å²) in [6.07, 6.45) is -3.16. The monoisotopic (exact) mass is 241 g/mol. The van der Waals surface area contributed by atoms with Gasteiger partial charge in [0.15, 0.2) is 17.6 Å². The third kappa shape index (κ3) is 2.66. The Morgan fingerprint density at radius 1 is 1.29 bits per heavy atom. The fourth-order valence-electron chi connectivity index (χ4n) is 1.47. The number of para-hydroxylation sites is 1. The number of carbonyl (C=O) groups is 1. The Kier molecular flexibility index (Phi) is 4.30. The second kappa shape index (κ2) is 5.51. The minimum atomic E-state index is -1.70. The van der Waals surface area contributed by atoms with E-state index in [2.05, 4.69) is 0 Å². The van der Waals surface area contributed by atoms with Gasteiger partial charge in [0, 0.05) is 5.56 Å². The molecule has 0 aromatic heterocycles. The number of hydrogen-bond donors (Lipinski definition) is 3. The van der Waals surface area contributed by atoms with Crippen LogP contribution in [0.5, 0.6) is 11.5 Å². The van der Waals surface area contributed by atoms with Crippen molar-refractivity contribution in [1.29, 1.82) is 0 Å². The van der Waals surface area contributed by atoms with Crippen molar-refractivity contribution in [2.45, 2.75) is 12.2 Å². The van der Waals surface area contributed by atoms with Crippen LogP contribution in [0.25, 0.3) is 0 Å². The molecule has 0 saturated heterocycles. The first-order valence-electron chi connectivity index (χ1n) is 4.89. The number of hydrogen-bond acceptors (Lipinski definition) is 5. The van der Waals surface area contributed by atoms with Crippen LogP contribution in [0.1, 0.15) is 11.7 Å². The summed E-state index contributed by atoms with van der Waals surface area (Å²) < 4.78 is 10.1. The number of benzene rings is 1. The van der Waals surface area contributed by atoms with E-state index in [9.17, 15) is 15.0 Å². The van der Waals surface area contributed by atoms with Gasteiger partial charge in [-0.15, -0.1) is 0 Å². The summed E-state index contributed by atoms with van der Waals surface area (Å²) in [7, 11) is 2.84. The topological polar surface area (TPSA) is 102 Å². The molecule has 6 nitrogen and oxygen atoms in total. The number of rotatable bonds is 5. The standard InChI is InChI=1S/C11H15NO5/c1-16-7-5-3-4-6(10(7)17-2)8(13)9(14)11(12)15/h3-5,8-9,13-14H,1-2H3,(H2,12,15). The Labute approximate surface area is 98.6 Å². The zero-order chi connectivity index (χ0) is 13.0. The van der Waals surface area contributed by atoms with Gasteiger partial charge in [0.2, 0.25) is 5.91 Å². The summed E-state index contributed by atoms with van der Waals surface area (Å²) >= 11 is 0. The highest BCUT2D eigenvalue weighted by Gasteiger charge is 2.27. The lowest BCUT2D eigenvalue weighted by molar-refractivity contribution is -0.132. The smallest absolute Gasteiger partial charge is 0.249 e. The maximum atomic E-state index is 10.8. The number of aliphatic hydroxyl groups is 2. The Hall–Kier alpha value is -1.79. The van der Waals surface area contributed by atoms with Gasteiger partial charge in [0.05, 0.1) is 14.2 Å². The van der Waals surface area contributed by atoms with E-state index in [1.54, 1.807) is 12.1 Å². The molecule has 4 N–H and O–H groups in total. The highest BCUT2D eigenvalue weighted by molar-refractivity contribution is 5.79. The first kappa shape index (κ1) is 13.3. The van der Waals surface area contributed by atoms with Crippen LogP contribution in [0.3, 0.4) is 0 Å². The van der Waals surface area contributed by atoms with Crippen LogP contribution >= 0.6 is 0 Å². The van der Waals surface area contributed by atoms with E-state index in [0.717, 1.165) is 0 Å². The molecule has 1 amide bonds. The molecule has 6 heteroatoms. The van der Waals surface area contributed by atoms with Crippen molar-refractivity contribution in [2.24, 2.45) is 5.73 Å². The van der Waals surface area contributed by atoms with Crippen LogP contribution in [0, 0.1) is 0 Å². The fourth-order valence-corrected chi connectivity index (χ4v) is 1.47. The van der Waals surface area contributed by atoms with E-state index < -0.39 is 18.1 Å². The van der Waals surface area contributed by atoms with Gasteiger partial charge in [-0.3, -0.25) is 4.79 Å². The Morgan fingerprint density at radius 2 is 1.94 bits per heavy atom. The van der Waals surface area contributed by atoms with E-state index in [1.165, 1.54) is 20.3 Å². The van der Waals surface area contributed by atoms with E-state index in [4.69, 9.17) is 15.2 Å². The minimum absolute atomic E-state index is 0.234. The minimum Gasteiger partial charge on any atom is -0.493 e. The number of carbonyl (C=O) groups excluding carboxylic acids is 1. The number of primary amides is 1. The zero-order valence-corrected chi connectivity index (χ0v) is 9.58. The highest BCUT2D eigenvalue weighted by atomic mass is 16.5. The largest absolute Gasteiger partial charge is 0.493 e. The number of aliphatic hydroxyl groups excluding tert-OH is 2. The quantitative estimate of drug-likeness (QED) is 0.650. The number of methoxy groups -OCH3 is 2. The first-order valence-corrected chi connectivity index (χ1v) is 4.89. The van der Waals surface area contributed by atoms with Gasteiger partial charge < -0.3 is 25.4 Å². The van der Waals surface area contributed by atoms with Crippen molar-refractivity contribution < 1.29 is 24.5 Å². The lowest BCUT2D eigenvalue weighted by Gasteiger charge is -2.19. The van der Waals surface area contributed by atoms with Gasteiger partial charge in [-0.1, -0.05) is 12.1 Å². The molecule has 1 aromatic rings. The summed E-state index contributed by atoms with van der Waals surface area (Å²) in [6, 6.07) is 4.75. The maximum Gasteiger partial charge on any atom is 0.249 e. The van der Waals surface area contributed by atoms with Gasteiger partial charge in [-0.25, -0.2) is 0 Å². The van der Waals surface area contributed by atoms with E-state index >= 15 is 0 Å². The summed E-state index contributed by atoms with van der Waals surface area (Å²) in [5.41, 5.74) is 5.15. The van der Waals surface area contributed by atoms with Crippen LogP contribution in [-0.2, 0) is 4.79 Å². The zero-order valence-electron chi connectivity index (χ0n) is 9.58. The van der Waals surface area contributed by atoms with Crippen LogP contribution in [0.4, 0.5) is 0 Å². The van der Waals surface area contributed by atoms with Crippen molar-refractivity contribution in [3.63, 3.8) is 0 Å². The SMILES string of the molecule is COc1cccc(C(O)C(O)C(N)=O)c1OC. The summed E-state index contributed by atoms with van der Waals surface area (Å²) in [4.78, 5) is 10.8. The summed E-state index contributed by atoms with van der Waals surface area (Å²) in [5, 5.41) is 19.2. The molecule has 94 valence electrons. The van der Waals surface area contributed by atoms with Crippen LogP contribution in [0.15, 0.2) is 18.2 Å². The molecule has 0 saturated carbocycles. The number of nitrogens with two attached hydrogens (primary N) is 1. The number of amides is 1. The summed E-state index contributed by atoms with van der Waals surface area (Å²) in [5.74, 6) is -0.370. The molecule has 0 aliphatic heterocycles. The van der Waals surface area contributed by atoms with Crippen LogP contribution in [-0.4, -0.2) is 36.4 Å². The molecule has 0 aliphatic rings. The average molecular weight is 241 g/mol. The van der Waals surface area contributed by atoms with Gasteiger partial charge in [-0.2, -0.15) is 0 Å². The average Bonchev–Trinajstić information content (AvgIpc) is 2.35. The molecule has 0 heterocycles. The van der Waals surface area contributed by atoms with Crippen molar-refractivity contribution in [3.05, 3.63) is 23.8 Å². The van der Waals surface area contributed by atoms with E-state index in [0.29, 0.717) is 5.75 Å². The van der Waals surface area contributed by atoms with Crippen molar-refractivity contribution in [2.75, 3.05) is 14.2 Å². The molecule has 17 heavy (non-hydrogen) atoms. The highest BCUT2D eigenvalue weighted by Crippen LogP contribution is 2.35. The fraction of sp³-hybridized carbons (Fsp3) is 0.364. The molecule has 2 atom stereocenters. The van der Waals surface area contributed by atoms with Crippen LogP contribution in [0.2, 0.25) is 0 Å². The predicted octanol–water partition coefficient (Wildman–Crippen LogP) is -0.417. The van der Waals surface area contributed by atoms with Crippen molar-refractivity contribution in [3.8, 4) is 11.5 Å². The van der Waals surface area contributed by atoms with Gasteiger partial charge in [-0.05, 0) is 6.07 Å².